The molecule has 1 aromatic heterocycles. The molecule has 0 aliphatic carbocycles. The lowest BCUT2D eigenvalue weighted by Gasteiger charge is -2.24. The number of rotatable bonds is 6. The highest BCUT2D eigenvalue weighted by Gasteiger charge is 2.17. The highest BCUT2D eigenvalue weighted by Crippen LogP contribution is 2.28. The molecule has 86 valence electrons. The second-order valence-corrected chi connectivity index (χ2v) is 6.04. The number of aryl methyl sites for hydroxylation is 1. The maximum absolute atomic E-state index is 6.07. The van der Waals surface area contributed by atoms with E-state index in [1.54, 1.807) is 11.3 Å². The lowest BCUT2D eigenvalue weighted by atomic mass is 9.87. The third kappa shape index (κ3) is 4.54. The van der Waals surface area contributed by atoms with Crippen LogP contribution < -0.4 is 5.32 Å². The minimum absolute atomic E-state index is 0.351. The smallest absolute Gasteiger partial charge is 0.0544 e. The van der Waals surface area contributed by atoms with Crippen molar-refractivity contribution >= 4 is 22.9 Å². The first-order valence-corrected chi connectivity index (χ1v) is 6.73. The van der Waals surface area contributed by atoms with Crippen LogP contribution in [0.4, 0.5) is 0 Å². The summed E-state index contributed by atoms with van der Waals surface area (Å²) in [6.45, 7) is 8.87. The maximum Gasteiger partial charge on any atom is 0.0544 e. The Bertz CT molecular complexity index is 294. The van der Waals surface area contributed by atoms with Crippen molar-refractivity contribution in [1.29, 1.82) is 0 Å². The predicted molar refractivity (Wildman–Crippen MR) is 70.0 cm³/mol. The predicted octanol–water partition coefficient (Wildman–Crippen LogP) is 3.97. The van der Waals surface area contributed by atoms with Crippen molar-refractivity contribution in [3.05, 3.63) is 21.3 Å². The minimum atomic E-state index is 0.351. The maximum atomic E-state index is 6.07. The van der Waals surface area contributed by atoms with E-state index in [0.29, 0.717) is 5.41 Å². The van der Waals surface area contributed by atoms with E-state index in [9.17, 15) is 0 Å². The molecule has 1 heterocycles. The Labute approximate surface area is 102 Å². The monoisotopic (exact) mass is 245 g/mol. The molecule has 0 saturated heterocycles. The summed E-state index contributed by atoms with van der Waals surface area (Å²) in [4.78, 5) is 1.32. The highest BCUT2D eigenvalue weighted by molar-refractivity contribution is 7.10. The summed E-state index contributed by atoms with van der Waals surface area (Å²) in [5.74, 6) is 0. The molecule has 0 saturated carbocycles. The first kappa shape index (κ1) is 13.0. The molecule has 0 aliphatic rings. The minimum Gasteiger partial charge on any atom is -0.316 e. The first-order valence-electron chi connectivity index (χ1n) is 5.48. The number of thiophene rings is 1. The van der Waals surface area contributed by atoms with Crippen LogP contribution in [0, 0.1) is 5.41 Å². The second kappa shape index (κ2) is 5.88. The van der Waals surface area contributed by atoms with E-state index < -0.39 is 0 Å². The summed E-state index contributed by atoms with van der Waals surface area (Å²) < 4.78 is 0. The molecule has 0 amide bonds. The van der Waals surface area contributed by atoms with Crippen LogP contribution in [-0.4, -0.2) is 13.1 Å². The molecule has 0 radical (unpaired) electrons. The molecule has 3 heteroatoms. The number of hydrogen-bond acceptors (Lipinski definition) is 2. The van der Waals surface area contributed by atoms with Gasteiger partial charge in [-0.3, -0.25) is 0 Å². The number of halogens is 1. The Kier molecular flexibility index (Phi) is 5.10. The summed E-state index contributed by atoms with van der Waals surface area (Å²) in [7, 11) is 0. The summed E-state index contributed by atoms with van der Waals surface area (Å²) in [6, 6.07) is 1.98. The van der Waals surface area contributed by atoms with Gasteiger partial charge in [-0.2, -0.15) is 0 Å². The average Bonchev–Trinajstić information content (AvgIpc) is 2.58. The van der Waals surface area contributed by atoms with Crippen LogP contribution in [0.5, 0.6) is 0 Å². The third-order valence-corrected chi connectivity index (χ3v) is 4.02. The SMILES string of the molecule is CCNCC(C)(C)CCc1sccc1Cl. The summed E-state index contributed by atoms with van der Waals surface area (Å²) in [6.07, 6.45) is 2.27. The molecule has 0 fully saturated rings. The van der Waals surface area contributed by atoms with Gasteiger partial charge in [0.2, 0.25) is 0 Å². The molecule has 0 aliphatic heterocycles. The Morgan fingerprint density at radius 3 is 2.73 bits per heavy atom. The molecule has 1 nitrogen and oxygen atoms in total. The van der Waals surface area contributed by atoms with Gasteiger partial charge >= 0.3 is 0 Å². The van der Waals surface area contributed by atoms with Gasteiger partial charge in [-0.25, -0.2) is 0 Å². The van der Waals surface area contributed by atoms with Crippen LogP contribution in [0.3, 0.4) is 0 Å². The standard InChI is InChI=1S/C12H20ClNS/c1-4-14-9-12(2,3)7-5-11-10(13)6-8-15-11/h6,8,14H,4-5,7,9H2,1-3H3. The van der Waals surface area contributed by atoms with E-state index in [1.165, 1.54) is 11.3 Å². The van der Waals surface area contributed by atoms with Crippen LogP contribution in [0.25, 0.3) is 0 Å². The third-order valence-electron chi connectivity index (χ3n) is 2.57. The molecule has 0 unspecified atom stereocenters. The second-order valence-electron chi connectivity index (χ2n) is 4.64. The van der Waals surface area contributed by atoms with E-state index in [-0.39, 0.29) is 0 Å². The van der Waals surface area contributed by atoms with Crippen LogP contribution in [0.15, 0.2) is 11.4 Å². The van der Waals surface area contributed by atoms with E-state index in [2.05, 4.69) is 31.5 Å². The lowest BCUT2D eigenvalue weighted by molar-refractivity contribution is 0.318. The van der Waals surface area contributed by atoms with Crippen LogP contribution in [0.1, 0.15) is 32.1 Å². The molecular weight excluding hydrogens is 226 g/mol. The Hall–Kier alpha value is -0.0500. The summed E-state index contributed by atoms with van der Waals surface area (Å²) in [5, 5.41) is 6.40. The summed E-state index contributed by atoms with van der Waals surface area (Å²) in [5.41, 5.74) is 0.351. The number of nitrogens with one attached hydrogen (secondary N) is 1. The van der Waals surface area contributed by atoms with Gasteiger partial charge in [-0.05, 0) is 36.2 Å². The quantitative estimate of drug-likeness (QED) is 0.800. The largest absolute Gasteiger partial charge is 0.316 e. The topological polar surface area (TPSA) is 12.0 Å². The Balaban J connectivity index is 2.39. The zero-order valence-corrected chi connectivity index (χ0v) is 11.3. The van der Waals surface area contributed by atoms with E-state index >= 15 is 0 Å². The first-order chi connectivity index (χ1) is 7.05. The van der Waals surface area contributed by atoms with Crippen LogP contribution in [-0.2, 0) is 6.42 Å². The fourth-order valence-corrected chi connectivity index (χ4v) is 2.64. The zero-order valence-electron chi connectivity index (χ0n) is 9.77. The van der Waals surface area contributed by atoms with E-state index in [4.69, 9.17) is 11.6 Å². The van der Waals surface area contributed by atoms with Crippen molar-refractivity contribution in [2.24, 2.45) is 5.41 Å². The average molecular weight is 246 g/mol. The zero-order chi connectivity index (χ0) is 11.3. The normalized spacial score (nSPS) is 12.0. The molecule has 1 N–H and O–H groups in total. The molecule has 0 aromatic carbocycles. The van der Waals surface area contributed by atoms with Crippen molar-refractivity contribution in [3.63, 3.8) is 0 Å². The van der Waals surface area contributed by atoms with Gasteiger partial charge in [0, 0.05) is 11.4 Å². The Morgan fingerprint density at radius 2 is 2.20 bits per heavy atom. The molecule has 15 heavy (non-hydrogen) atoms. The van der Waals surface area contributed by atoms with Crippen molar-refractivity contribution in [2.75, 3.05) is 13.1 Å². The molecule has 0 spiro atoms. The molecule has 0 bridgehead atoms. The van der Waals surface area contributed by atoms with E-state index in [0.717, 1.165) is 24.5 Å². The molecule has 0 atom stereocenters. The van der Waals surface area contributed by atoms with Gasteiger partial charge in [-0.15, -0.1) is 11.3 Å². The van der Waals surface area contributed by atoms with Gasteiger partial charge in [0.25, 0.3) is 0 Å². The van der Waals surface area contributed by atoms with Gasteiger partial charge in [0.05, 0.1) is 5.02 Å². The number of hydrogen-bond donors (Lipinski definition) is 1. The Morgan fingerprint density at radius 1 is 1.47 bits per heavy atom. The van der Waals surface area contributed by atoms with Gasteiger partial charge in [-0.1, -0.05) is 32.4 Å². The van der Waals surface area contributed by atoms with E-state index in [1.807, 2.05) is 6.07 Å². The van der Waals surface area contributed by atoms with Gasteiger partial charge < -0.3 is 5.32 Å². The summed E-state index contributed by atoms with van der Waals surface area (Å²) >= 11 is 7.83. The molecular formula is C12H20ClNS. The van der Waals surface area contributed by atoms with Gasteiger partial charge in [0.1, 0.15) is 0 Å². The van der Waals surface area contributed by atoms with Crippen LogP contribution >= 0.6 is 22.9 Å². The molecule has 1 rings (SSSR count). The van der Waals surface area contributed by atoms with Crippen LogP contribution in [0.2, 0.25) is 5.02 Å². The highest BCUT2D eigenvalue weighted by atomic mass is 35.5. The van der Waals surface area contributed by atoms with Crippen molar-refractivity contribution in [3.8, 4) is 0 Å². The van der Waals surface area contributed by atoms with Crippen molar-refractivity contribution < 1.29 is 0 Å². The van der Waals surface area contributed by atoms with Crippen molar-refractivity contribution in [1.82, 2.24) is 5.32 Å². The van der Waals surface area contributed by atoms with Gasteiger partial charge in [0.15, 0.2) is 0 Å². The lowest BCUT2D eigenvalue weighted by Crippen LogP contribution is -2.29. The fraction of sp³-hybridized carbons (Fsp3) is 0.667. The fourth-order valence-electron chi connectivity index (χ4n) is 1.51. The molecule has 1 aromatic rings. The van der Waals surface area contributed by atoms with Crippen molar-refractivity contribution in [2.45, 2.75) is 33.6 Å².